The van der Waals surface area contributed by atoms with Crippen LogP contribution in [0.25, 0.3) is 0 Å². The minimum Gasteiger partial charge on any atom is -0.326 e. The van der Waals surface area contributed by atoms with Crippen LogP contribution in [0.15, 0.2) is 54.6 Å². The number of rotatable bonds is 5. The van der Waals surface area contributed by atoms with Gasteiger partial charge in [-0.3, -0.25) is 14.8 Å². The van der Waals surface area contributed by atoms with Crippen molar-refractivity contribution in [3.8, 4) is 0 Å². The fraction of sp³-hybridized carbons (Fsp3) is 0.222. The molecule has 1 aliphatic carbocycles. The molecule has 1 unspecified atom stereocenters. The van der Waals surface area contributed by atoms with Crippen molar-refractivity contribution < 1.29 is 14.8 Å². The van der Waals surface area contributed by atoms with Gasteiger partial charge in [0.1, 0.15) is 0 Å². The largest absolute Gasteiger partial charge is 0.326 e. The molecule has 118 valence electrons. The fourth-order valence-corrected chi connectivity index (χ4v) is 2.55. The Morgan fingerprint density at radius 2 is 1.57 bits per heavy atom. The van der Waals surface area contributed by atoms with Crippen LogP contribution in [0.4, 0.5) is 5.69 Å². The van der Waals surface area contributed by atoms with E-state index < -0.39 is 11.8 Å². The maximum absolute atomic E-state index is 12.0. The maximum atomic E-state index is 12.0. The summed E-state index contributed by atoms with van der Waals surface area (Å²) in [6.07, 6.45) is 1.91. The van der Waals surface area contributed by atoms with Gasteiger partial charge in [-0.25, -0.2) is 5.48 Å². The molecule has 3 rings (SSSR count). The highest BCUT2D eigenvalue weighted by Crippen LogP contribution is 2.31. The minimum absolute atomic E-state index is 0.0467. The van der Waals surface area contributed by atoms with E-state index in [-0.39, 0.29) is 11.8 Å². The Balaban J connectivity index is 1.82. The molecule has 0 aliphatic heterocycles. The number of amides is 2. The predicted octanol–water partition coefficient (Wildman–Crippen LogP) is 2.67. The standard InChI is InChI=1S/C18H18N2O3/c21-17(14-6-7-14)19-15-10-8-13(9-11-15)16(18(22)20-23)12-4-2-1-3-5-12/h1-5,8-11,14,16,23H,6-7H2,(H,19,21)(H,20,22). The second kappa shape index (κ2) is 6.62. The van der Waals surface area contributed by atoms with Crippen LogP contribution < -0.4 is 10.8 Å². The van der Waals surface area contributed by atoms with Crippen molar-refractivity contribution in [1.82, 2.24) is 5.48 Å². The van der Waals surface area contributed by atoms with E-state index in [1.807, 2.05) is 30.3 Å². The minimum atomic E-state index is -0.602. The molecule has 1 saturated carbocycles. The number of hydroxylamine groups is 1. The summed E-state index contributed by atoms with van der Waals surface area (Å²) in [4.78, 5) is 23.8. The summed E-state index contributed by atoms with van der Waals surface area (Å²) in [6, 6.07) is 16.4. The van der Waals surface area contributed by atoms with Crippen LogP contribution in [0.2, 0.25) is 0 Å². The molecular formula is C18H18N2O3. The summed E-state index contributed by atoms with van der Waals surface area (Å²) < 4.78 is 0. The van der Waals surface area contributed by atoms with Gasteiger partial charge in [-0.05, 0) is 36.1 Å². The van der Waals surface area contributed by atoms with E-state index in [0.717, 1.165) is 24.0 Å². The van der Waals surface area contributed by atoms with Gasteiger partial charge in [-0.15, -0.1) is 0 Å². The van der Waals surface area contributed by atoms with Crippen molar-refractivity contribution in [3.63, 3.8) is 0 Å². The molecule has 5 heteroatoms. The average molecular weight is 310 g/mol. The van der Waals surface area contributed by atoms with Crippen LogP contribution in [-0.4, -0.2) is 17.0 Å². The summed E-state index contributed by atoms with van der Waals surface area (Å²) in [6.45, 7) is 0. The first-order valence-electron chi connectivity index (χ1n) is 7.59. The van der Waals surface area contributed by atoms with E-state index >= 15 is 0 Å². The lowest BCUT2D eigenvalue weighted by Gasteiger charge is -2.16. The second-order valence-electron chi connectivity index (χ2n) is 5.71. The van der Waals surface area contributed by atoms with Crippen molar-refractivity contribution in [2.24, 2.45) is 5.92 Å². The van der Waals surface area contributed by atoms with Gasteiger partial charge in [-0.2, -0.15) is 0 Å². The zero-order valence-corrected chi connectivity index (χ0v) is 12.5. The quantitative estimate of drug-likeness (QED) is 0.587. The highest BCUT2D eigenvalue weighted by Gasteiger charge is 2.29. The van der Waals surface area contributed by atoms with Crippen LogP contribution in [0, 0.1) is 5.92 Å². The third-order valence-electron chi connectivity index (χ3n) is 3.96. The fourth-order valence-electron chi connectivity index (χ4n) is 2.55. The van der Waals surface area contributed by atoms with Gasteiger partial charge < -0.3 is 5.32 Å². The summed E-state index contributed by atoms with van der Waals surface area (Å²) in [7, 11) is 0. The molecule has 2 amide bonds. The van der Waals surface area contributed by atoms with Crippen LogP contribution in [0.1, 0.15) is 29.9 Å². The zero-order valence-electron chi connectivity index (χ0n) is 12.5. The van der Waals surface area contributed by atoms with Crippen molar-refractivity contribution in [2.75, 3.05) is 5.32 Å². The molecule has 23 heavy (non-hydrogen) atoms. The molecule has 2 aromatic carbocycles. The number of nitrogens with one attached hydrogen (secondary N) is 2. The first-order chi connectivity index (χ1) is 11.2. The summed E-state index contributed by atoms with van der Waals surface area (Å²) in [5.74, 6) is -0.905. The van der Waals surface area contributed by atoms with Crippen LogP contribution in [0.5, 0.6) is 0 Å². The van der Waals surface area contributed by atoms with Gasteiger partial charge in [0.25, 0.3) is 5.91 Å². The van der Waals surface area contributed by atoms with Gasteiger partial charge in [-0.1, -0.05) is 42.5 Å². The summed E-state index contributed by atoms with van der Waals surface area (Å²) in [5.41, 5.74) is 3.96. The van der Waals surface area contributed by atoms with Gasteiger partial charge in [0.05, 0.1) is 5.92 Å². The zero-order chi connectivity index (χ0) is 16.2. The van der Waals surface area contributed by atoms with Gasteiger partial charge in [0, 0.05) is 11.6 Å². The van der Waals surface area contributed by atoms with Crippen molar-refractivity contribution in [2.45, 2.75) is 18.8 Å². The predicted molar refractivity (Wildman–Crippen MR) is 86.0 cm³/mol. The van der Waals surface area contributed by atoms with Crippen molar-refractivity contribution in [3.05, 3.63) is 65.7 Å². The van der Waals surface area contributed by atoms with Crippen LogP contribution in [-0.2, 0) is 9.59 Å². The lowest BCUT2D eigenvalue weighted by Crippen LogP contribution is -2.27. The Hall–Kier alpha value is -2.66. The highest BCUT2D eigenvalue weighted by molar-refractivity contribution is 5.94. The molecule has 5 nitrogen and oxygen atoms in total. The van der Waals surface area contributed by atoms with E-state index in [0.29, 0.717) is 5.69 Å². The molecule has 3 N–H and O–H groups in total. The molecule has 0 aromatic heterocycles. The van der Waals surface area contributed by atoms with Crippen molar-refractivity contribution in [1.29, 1.82) is 0 Å². The van der Waals surface area contributed by atoms with E-state index in [9.17, 15) is 9.59 Å². The Morgan fingerprint density at radius 1 is 0.957 bits per heavy atom. The van der Waals surface area contributed by atoms with Gasteiger partial charge in [0.15, 0.2) is 0 Å². The third-order valence-corrected chi connectivity index (χ3v) is 3.96. The van der Waals surface area contributed by atoms with E-state index in [4.69, 9.17) is 5.21 Å². The number of benzene rings is 2. The van der Waals surface area contributed by atoms with Crippen molar-refractivity contribution >= 4 is 17.5 Å². The highest BCUT2D eigenvalue weighted by atomic mass is 16.5. The molecule has 0 bridgehead atoms. The lowest BCUT2D eigenvalue weighted by molar-refractivity contribution is -0.129. The number of hydrogen-bond donors (Lipinski definition) is 3. The first-order valence-corrected chi connectivity index (χ1v) is 7.59. The molecule has 1 aliphatic rings. The smallest absolute Gasteiger partial charge is 0.255 e. The first kappa shape index (κ1) is 15.2. The molecule has 0 spiro atoms. The average Bonchev–Trinajstić information content (AvgIpc) is 3.42. The number of carbonyl (C=O) groups is 2. The molecule has 1 fully saturated rings. The monoisotopic (exact) mass is 310 g/mol. The molecule has 2 aromatic rings. The van der Waals surface area contributed by atoms with Gasteiger partial charge >= 0.3 is 0 Å². The Labute approximate surface area is 134 Å². The topological polar surface area (TPSA) is 78.4 Å². The normalized spacial score (nSPS) is 14.8. The molecule has 0 saturated heterocycles. The third kappa shape index (κ3) is 3.57. The molecule has 0 radical (unpaired) electrons. The maximum Gasteiger partial charge on any atom is 0.255 e. The number of hydrogen-bond acceptors (Lipinski definition) is 3. The summed E-state index contributed by atoms with van der Waals surface area (Å²) >= 11 is 0. The van der Waals surface area contributed by atoms with Gasteiger partial charge in [0.2, 0.25) is 5.91 Å². The van der Waals surface area contributed by atoms with E-state index in [1.54, 1.807) is 29.7 Å². The van der Waals surface area contributed by atoms with E-state index in [2.05, 4.69) is 5.32 Å². The number of carbonyl (C=O) groups excluding carboxylic acids is 2. The molecule has 0 heterocycles. The Bertz CT molecular complexity index is 694. The van der Waals surface area contributed by atoms with E-state index in [1.165, 1.54) is 0 Å². The lowest BCUT2D eigenvalue weighted by atomic mass is 9.90. The van der Waals surface area contributed by atoms with Crippen LogP contribution >= 0.6 is 0 Å². The number of anilines is 1. The van der Waals surface area contributed by atoms with Crippen LogP contribution in [0.3, 0.4) is 0 Å². The summed E-state index contributed by atoms with van der Waals surface area (Å²) in [5, 5.41) is 11.9. The molecular weight excluding hydrogens is 292 g/mol. The Kier molecular flexibility index (Phi) is 4.39. The Morgan fingerprint density at radius 3 is 2.13 bits per heavy atom. The second-order valence-corrected chi connectivity index (χ2v) is 5.71. The molecule has 1 atom stereocenters. The SMILES string of the molecule is O=C(Nc1ccc(C(C(=O)NO)c2ccccc2)cc1)C1CC1.